The van der Waals surface area contributed by atoms with Crippen molar-refractivity contribution in [3.8, 4) is 6.07 Å². The molecule has 2 unspecified atom stereocenters. The normalized spacial score (nSPS) is 31.5. The molecule has 0 amide bonds. The first kappa shape index (κ1) is 12.5. The lowest BCUT2D eigenvalue weighted by molar-refractivity contribution is -0.0714. The van der Waals surface area contributed by atoms with Crippen molar-refractivity contribution in [2.75, 3.05) is 7.05 Å². The Bertz CT molecular complexity index is 257. The molecule has 1 aliphatic rings. The highest BCUT2D eigenvalue weighted by Crippen LogP contribution is 2.34. The minimum Gasteiger partial charge on any atom is -0.372 e. The molecule has 86 valence electrons. The molecule has 0 spiro atoms. The predicted octanol–water partition coefficient (Wildman–Crippen LogP) is 2.23. The first-order valence-corrected chi connectivity index (χ1v) is 5.75. The Morgan fingerprint density at radius 1 is 1.60 bits per heavy atom. The summed E-state index contributed by atoms with van der Waals surface area (Å²) >= 11 is 0. The van der Waals surface area contributed by atoms with Crippen molar-refractivity contribution in [3.63, 3.8) is 0 Å². The summed E-state index contributed by atoms with van der Waals surface area (Å²) in [7, 11) is 1.86. The summed E-state index contributed by atoms with van der Waals surface area (Å²) in [6.45, 7) is 6.35. The van der Waals surface area contributed by atoms with E-state index in [0.717, 1.165) is 25.7 Å². The Labute approximate surface area is 92.8 Å². The number of rotatable bonds is 4. The lowest BCUT2D eigenvalue weighted by atomic mass is 10.00. The summed E-state index contributed by atoms with van der Waals surface area (Å²) < 4.78 is 6.02. The highest BCUT2D eigenvalue weighted by molar-refractivity contribution is 5.11. The van der Waals surface area contributed by atoms with Crippen LogP contribution in [0.1, 0.15) is 46.5 Å². The molecule has 0 aliphatic heterocycles. The zero-order valence-electron chi connectivity index (χ0n) is 10.3. The van der Waals surface area contributed by atoms with Crippen molar-refractivity contribution in [2.24, 2.45) is 0 Å². The summed E-state index contributed by atoms with van der Waals surface area (Å²) in [5.74, 6) is 0. The van der Waals surface area contributed by atoms with Crippen LogP contribution in [0.4, 0.5) is 0 Å². The molecule has 3 nitrogen and oxygen atoms in total. The number of hydrogen-bond acceptors (Lipinski definition) is 3. The molecule has 1 rings (SSSR count). The Kier molecular flexibility index (Phi) is 3.75. The lowest BCUT2D eigenvalue weighted by Crippen LogP contribution is -2.40. The Balaban J connectivity index is 2.54. The second kappa shape index (κ2) is 4.51. The van der Waals surface area contributed by atoms with Gasteiger partial charge in [-0.15, -0.1) is 0 Å². The van der Waals surface area contributed by atoms with Gasteiger partial charge in [-0.25, -0.2) is 0 Å². The first-order chi connectivity index (χ1) is 6.97. The van der Waals surface area contributed by atoms with Crippen molar-refractivity contribution in [3.05, 3.63) is 0 Å². The van der Waals surface area contributed by atoms with Crippen LogP contribution < -0.4 is 5.32 Å². The van der Waals surface area contributed by atoms with Crippen molar-refractivity contribution in [1.29, 1.82) is 5.26 Å². The summed E-state index contributed by atoms with van der Waals surface area (Å²) in [6, 6.07) is 2.37. The molecule has 0 saturated heterocycles. The monoisotopic (exact) mass is 210 g/mol. The quantitative estimate of drug-likeness (QED) is 0.774. The fourth-order valence-electron chi connectivity index (χ4n) is 2.02. The molecule has 0 radical (unpaired) electrons. The maximum atomic E-state index is 9.12. The van der Waals surface area contributed by atoms with Crippen LogP contribution in [0.15, 0.2) is 0 Å². The second-order valence-electron chi connectivity index (χ2n) is 5.04. The van der Waals surface area contributed by atoms with E-state index in [1.54, 1.807) is 0 Å². The summed E-state index contributed by atoms with van der Waals surface area (Å²) in [6.07, 6.45) is 3.92. The molecule has 15 heavy (non-hydrogen) atoms. The maximum Gasteiger partial charge on any atom is 0.109 e. The van der Waals surface area contributed by atoms with Gasteiger partial charge in [-0.3, -0.25) is 0 Å². The van der Waals surface area contributed by atoms with Crippen molar-refractivity contribution >= 4 is 0 Å². The van der Waals surface area contributed by atoms with Crippen LogP contribution in [0.5, 0.6) is 0 Å². The second-order valence-corrected chi connectivity index (χ2v) is 5.04. The minimum atomic E-state index is -0.353. The van der Waals surface area contributed by atoms with E-state index in [1.165, 1.54) is 0 Å². The van der Waals surface area contributed by atoms with E-state index in [9.17, 15) is 0 Å². The molecule has 1 aliphatic carbocycles. The van der Waals surface area contributed by atoms with Crippen molar-refractivity contribution < 1.29 is 4.74 Å². The fourth-order valence-corrected chi connectivity index (χ4v) is 2.02. The Morgan fingerprint density at radius 3 is 2.67 bits per heavy atom. The van der Waals surface area contributed by atoms with Crippen LogP contribution in [0.2, 0.25) is 0 Å². The van der Waals surface area contributed by atoms with E-state index in [4.69, 9.17) is 10.00 Å². The summed E-state index contributed by atoms with van der Waals surface area (Å²) in [5, 5.41) is 12.2. The Morgan fingerprint density at radius 2 is 2.27 bits per heavy atom. The average molecular weight is 210 g/mol. The summed E-state index contributed by atoms with van der Waals surface area (Å²) in [5.41, 5.74) is -0.418. The van der Waals surface area contributed by atoms with Gasteiger partial charge in [-0.2, -0.15) is 5.26 Å². The smallest absolute Gasteiger partial charge is 0.109 e. The van der Waals surface area contributed by atoms with Gasteiger partial charge in [0.25, 0.3) is 0 Å². The lowest BCUT2D eigenvalue weighted by Gasteiger charge is -2.28. The van der Waals surface area contributed by atoms with Gasteiger partial charge in [0, 0.05) is 6.42 Å². The molecule has 2 atom stereocenters. The predicted molar refractivity (Wildman–Crippen MR) is 60.5 cm³/mol. The highest BCUT2D eigenvalue weighted by Gasteiger charge is 2.40. The van der Waals surface area contributed by atoms with Crippen LogP contribution in [0, 0.1) is 11.3 Å². The van der Waals surface area contributed by atoms with Gasteiger partial charge in [-0.05, 0) is 40.2 Å². The molecular formula is C12H22N2O. The number of nitrogens with zero attached hydrogens (tertiary/aromatic N) is 1. The SMILES string of the molecule is CCC(C)(C)OC1CCC(C#N)(NC)C1. The highest BCUT2D eigenvalue weighted by atomic mass is 16.5. The van der Waals surface area contributed by atoms with Gasteiger partial charge < -0.3 is 10.1 Å². The third kappa shape index (κ3) is 2.93. The van der Waals surface area contributed by atoms with Gasteiger partial charge in [0.2, 0.25) is 0 Å². The average Bonchev–Trinajstić information content (AvgIpc) is 2.62. The van der Waals surface area contributed by atoms with Gasteiger partial charge in [0.1, 0.15) is 5.54 Å². The maximum absolute atomic E-state index is 9.12. The van der Waals surface area contributed by atoms with Crippen LogP contribution in [0.3, 0.4) is 0 Å². The molecule has 0 aromatic carbocycles. The van der Waals surface area contributed by atoms with Gasteiger partial charge in [0.05, 0.1) is 17.8 Å². The molecule has 3 heteroatoms. The van der Waals surface area contributed by atoms with E-state index < -0.39 is 0 Å². The molecule has 0 aromatic heterocycles. The van der Waals surface area contributed by atoms with E-state index >= 15 is 0 Å². The molecule has 1 saturated carbocycles. The minimum absolute atomic E-state index is 0.0655. The number of nitriles is 1. The van der Waals surface area contributed by atoms with Crippen molar-refractivity contribution in [2.45, 2.75) is 63.7 Å². The van der Waals surface area contributed by atoms with E-state index in [-0.39, 0.29) is 17.2 Å². The third-order valence-electron chi connectivity index (χ3n) is 3.50. The Hall–Kier alpha value is -0.590. The standard InChI is InChI=1S/C12H22N2O/c1-5-11(2,3)15-10-6-7-12(8-10,9-13)14-4/h10,14H,5-8H2,1-4H3. The van der Waals surface area contributed by atoms with Gasteiger partial charge in [-0.1, -0.05) is 6.92 Å². The van der Waals surface area contributed by atoms with E-state index in [2.05, 4.69) is 32.2 Å². The van der Waals surface area contributed by atoms with Crippen LogP contribution in [-0.2, 0) is 4.74 Å². The van der Waals surface area contributed by atoms with Crippen LogP contribution in [0.25, 0.3) is 0 Å². The first-order valence-electron chi connectivity index (χ1n) is 5.75. The molecule has 0 heterocycles. The number of nitrogens with one attached hydrogen (secondary N) is 1. The molecule has 0 aromatic rings. The molecule has 0 bridgehead atoms. The largest absolute Gasteiger partial charge is 0.372 e. The fraction of sp³-hybridized carbons (Fsp3) is 0.917. The number of hydrogen-bond donors (Lipinski definition) is 1. The van der Waals surface area contributed by atoms with Gasteiger partial charge >= 0.3 is 0 Å². The molecular weight excluding hydrogens is 188 g/mol. The van der Waals surface area contributed by atoms with E-state index in [1.807, 2.05) is 7.05 Å². The zero-order valence-corrected chi connectivity index (χ0v) is 10.3. The summed E-state index contributed by atoms with van der Waals surface area (Å²) in [4.78, 5) is 0. The van der Waals surface area contributed by atoms with Crippen LogP contribution in [-0.4, -0.2) is 24.3 Å². The van der Waals surface area contributed by atoms with Gasteiger partial charge in [0.15, 0.2) is 0 Å². The topological polar surface area (TPSA) is 45.0 Å². The third-order valence-corrected chi connectivity index (χ3v) is 3.50. The molecule has 1 N–H and O–H groups in total. The molecule has 1 fully saturated rings. The van der Waals surface area contributed by atoms with Crippen LogP contribution >= 0.6 is 0 Å². The van der Waals surface area contributed by atoms with Crippen molar-refractivity contribution in [1.82, 2.24) is 5.32 Å². The van der Waals surface area contributed by atoms with E-state index in [0.29, 0.717) is 0 Å². The zero-order chi connectivity index (χ0) is 11.5. The number of ether oxygens (including phenoxy) is 1.